The third-order valence-electron chi connectivity index (χ3n) is 4.53. The van der Waals surface area contributed by atoms with Crippen LogP contribution in [0.3, 0.4) is 0 Å². The molecule has 0 atom stereocenters. The van der Waals surface area contributed by atoms with Gasteiger partial charge in [0.2, 0.25) is 0 Å². The topological polar surface area (TPSA) is 42.7 Å². The number of hydrogen-bond acceptors (Lipinski definition) is 3. The minimum absolute atomic E-state index is 0.168. The van der Waals surface area contributed by atoms with Crippen LogP contribution in [0.25, 0.3) is 5.82 Å². The van der Waals surface area contributed by atoms with Gasteiger partial charge in [0.05, 0.1) is 17.5 Å². The van der Waals surface area contributed by atoms with Crippen molar-refractivity contribution in [3.05, 3.63) is 76.5 Å². The Kier molecular flexibility index (Phi) is 4.43. The van der Waals surface area contributed by atoms with Gasteiger partial charge in [0.25, 0.3) is 0 Å². The Morgan fingerprint density at radius 1 is 1.11 bits per heavy atom. The maximum Gasteiger partial charge on any atom is 0.416 e. The van der Waals surface area contributed by atoms with E-state index in [1.807, 2.05) is 0 Å². The molecule has 0 amide bonds. The molecule has 0 spiro atoms. The summed E-state index contributed by atoms with van der Waals surface area (Å²) < 4.78 is 54.1. The van der Waals surface area contributed by atoms with Crippen LogP contribution < -0.4 is 5.32 Å². The minimum Gasteiger partial charge on any atom is -0.312 e. The Bertz CT molecular complexity index is 978. The van der Waals surface area contributed by atoms with Crippen molar-refractivity contribution in [3.63, 3.8) is 0 Å². The molecule has 3 aromatic rings. The van der Waals surface area contributed by atoms with Crippen molar-refractivity contribution in [2.75, 3.05) is 6.54 Å². The first-order valence-corrected chi connectivity index (χ1v) is 8.48. The molecule has 4 rings (SSSR count). The average Bonchev–Trinajstić information content (AvgIpc) is 3.05. The zero-order valence-electron chi connectivity index (χ0n) is 14.2. The van der Waals surface area contributed by atoms with E-state index in [4.69, 9.17) is 0 Å². The number of nitrogens with one attached hydrogen (secondary N) is 1. The molecule has 1 N–H and O–H groups in total. The summed E-state index contributed by atoms with van der Waals surface area (Å²) in [4.78, 5) is 4.33. The molecule has 27 heavy (non-hydrogen) atoms. The number of alkyl halides is 3. The zero-order valence-corrected chi connectivity index (χ0v) is 14.2. The van der Waals surface area contributed by atoms with Gasteiger partial charge in [-0.2, -0.15) is 18.3 Å². The summed E-state index contributed by atoms with van der Waals surface area (Å²) in [6.07, 6.45) is -0.217. The lowest BCUT2D eigenvalue weighted by Gasteiger charge is -2.15. The van der Waals surface area contributed by atoms with E-state index in [9.17, 15) is 17.6 Å². The molecule has 1 aromatic carbocycles. The first-order valence-electron chi connectivity index (χ1n) is 8.48. The smallest absolute Gasteiger partial charge is 0.312 e. The normalized spacial score (nSPS) is 14.2. The number of halogens is 4. The maximum absolute atomic E-state index is 13.6. The molecule has 4 nitrogen and oxygen atoms in total. The number of pyridine rings is 1. The van der Waals surface area contributed by atoms with Crippen LogP contribution in [0.5, 0.6) is 0 Å². The average molecular weight is 376 g/mol. The highest BCUT2D eigenvalue weighted by atomic mass is 19.4. The summed E-state index contributed by atoms with van der Waals surface area (Å²) in [6.45, 7) is 1.60. The van der Waals surface area contributed by atoms with Gasteiger partial charge in [-0.15, -0.1) is 0 Å². The molecule has 0 radical (unpaired) electrons. The van der Waals surface area contributed by atoms with Crippen LogP contribution in [-0.4, -0.2) is 21.3 Å². The molecule has 1 aliphatic heterocycles. The van der Waals surface area contributed by atoms with E-state index in [1.54, 1.807) is 29.2 Å². The van der Waals surface area contributed by atoms with E-state index in [0.29, 0.717) is 11.9 Å². The third kappa shape index (κ3) is 3.71. The van der Waals surface area contributed by atoms with Gasteiger partial charge in [0, 0.05) is 31.3 Å². The van der Waals surface area contributed by atoms with E-state index in [2.05, 4.69) is 15.4 Å². The van der Waals surface area contributed by atoms with E-state index in [-0.39, 0.29) is 12.0 Å². The maximum atomic E-state index is 13.6. The summed E-state index contributed by atoms with van der Waals surface area (Å²) >= 11 is 0. The molecule has 0 unspecified atom stereocenters. The van der Waals surface area contributed by atoms with E-state index < -0.39 is 17.6 Å². The molecule has 2 aromatic heterocycles. The van der Waals surface area contributed by atoms with Gasteiger partial charge in [0.15, 0.2) is 5.82 Å². The fourth-order valence-electron chi connectivity index (χ4n) is 3.29. The van der Waals surface area contributed by atoms with Gasteiger partial charge in [-0.3, -0.25) is 0 Å². The van der Waals surface area contributed by atoms with Gasteiger partial charge >= 0.3 is 6.18 Å². The predicted octanol–water partition coefficient (Wildman–Crippen LogP) is 3.66. The van der Waals surface area contributed by atoms with Gasteiger partial charge in [-0.25, -0.2) is 14.1 Å². The van der Waals surface area contributed by atoms with Crippen LogP contribution in [0.4, 0.5) is 17.6 Å². The first kappa shape index (κ1) is 17.7. The van der Waals surface area contributed by atoms with Crippen LogP contribution in [0.1, 0.15) is 27.9 Å². The van der Waals surface area contributed by atoms with Crippen LogP contribution in [0.2, 0.25) is 0 Å². The van der Waals surface area contributed by atoms with Crippen molar-refractivity contribution in [1.29, 1.82) is 0 Å². The number of benzene rings is 1. The molecular weight excluding hydrogens is 360 g/mol. The largest absolute Gasteiger partial charge is 0.416 e. The van der Waals surface area contributed by atoms with E-state index in [0.717, 1.165) is 48.5 Å². The van der Waals surface area contributed by atoms with Crippen molar-refractivity contribution in [3.8, 4) is 5.82 Å². The second kappa shape index (κ2) is 6.77. The monoisotopic (exact) mass is 376 g/mol. The summed E-state index contributed by atoms with van der Waals surface area (Å²) in [5, 5.41) is 7.65. The fourth-order valence-corrected chi connectivity index (χ4v) is 3.29. The number of aromatic nitrogens is 3. The van der Waals surface area contributed by atoms with Gasteiger partial charge in [0.1, 0.15) is 5.82 Å². The van der Waals surface area contributed by atoms with Crippen LogP contribution >= 0.6 is 0 Å². The molecule has 3 heterocycles. The van der Waals surface area contributed by atoms with E-state index in [1.165, 1.54) is 0 Å². The van der Waals surface area contributed by atoms with Crippen LogP contribution in [0.15, 0.2) is 42.7 Å². The summed E-state index contributed by atoms with van der Waals surface area (Å²) in [5.74, 6) is -0.300. The highest BCUT2D eigenvalue weighted by Gasteiger charge is 2.31. The standard InChI is InChI=1S/C19H16F4N4/c20-16-7-13(6-15(9-16)19(21,22)23)5-12-1-4-25-18(8-12)27-17-2-3-24-10-14(17)11-26-27/h1,4,6-9,11,24H,2-3,5,10H2. The van der Waals surface area contributed by atoms with Gasteiger partial charge in [-0.1, -0.05) is 0 Å². The van der Waals surface area contributed by atoms with Crippen molar-refractivity contribution >= 4 is 0 Å². The summed E-state index contributed by atoms with van der Waals surface area (Å²) in [6, 6.07) is 6.08. The summed E-state index contributed by atoms with van der Waals surface area (Å²) in [7, 11) is 0. The Morgan fingerprint density at radius 2 is 1.96 bits per heavy atom. The SMILES string of the molecule is Fc1cc(Cc2ccnc(-n3ncc4c3CCNC4)c2)cc(C(F)(F)F)c1. The lowest BCUT2D eigenvalue weighted by atomic mass is 10.0. The second-order valence-electron chi connectivity index (χ2n) is 6.50. The Morgan fingerprint density at radius 3 is 2.78 bits per heavy atom. The lowest BCUT2D eigenvalue weighted by molar-refractivity contribution is -0.137. The fraction of sp³-hybridized carbons (Fsp3) is 0.263. The molecule has 0 saturated heterocycles. The van der Waals surface area contributed by atoms with Crippen LogP contribution in [0, 0.1) is 5.82 Å². The Balaban J connectivity index is 1.64. The molecule has 1 aliphatic rings. The predicted molar refractivity (Wildman–Crippen MR) is 91.0 cm³/mol. The number of hydrogen-bond donors (Lipinski definition) is 1. The highest BCUT2D eigenvalue weighted by Crippen LogP contribution is 2.31. The zero-order chi connectivity index (χ0) is 19.0. The number of nitrogens with zero attached hydrogens (tertiary/aromatic N) is 3. The highest BCUT2D eigenvalue weighted by molar-refractivity contribution is 5.36. The third-order valence-corrected chi connectivity index (χ3v) is 4.53. The molecule has 140 valence electrons. The van der Waals surface area contributed by atoms with Gasteiger partial charge < -0.3 is 5.32 Å². The van der Waals surface area contributed by atoms with Crippen molar-refractivity contribution in [1.82, 2.24) is 20.1 Å². The first-order chi connectivity index (χ1) is 12.9. The molecule has 8 heteroatoms. The van der Waals surface area contributed by atoms with E-state index >= 15 is 0 Å². The van der Waals surface area contributed by atoms with Crippen molar-refractivity contribution in [2.24, 2.45) is 0 Å². The molecule has 0 bridgehead atoms. The second-order valence-corrected chi connectivity index (χ2v) is 6.50. The molecule has 0 aliphatic carbocycles. The van der Waals surface area contributed by atoms with Crippen molar-refractivity contribution in [2.45, 2.75) is 25.6 Å². The quantitative estimate of drug-likeness (QED) is 0.710. The molecule has 0 fully saturated rings. The van der Waals surface area contributed by atoms with Crippen LogP contribution in [-0.2, 0) is 25.6 Å². The summed E-state index contributed by atoms with van der Waals surface area (Å²) in [5.41, 5.74) is 2.18. The lowest BCUT2D eigenvalue weighted by Crippen LogP contribution is -2.24. The van der Waals surface area contributed by atoms with Crippen molar-refractivity contribution < 1.29 is 17.6 Å². The number of fused-ring (bicyclic) bond motifs is 1. The Hall–Kier alpha value is -2.74. The minimum atomic E-state index is -4.58. The number of rotatable bonds is 3. The van der Waals surface area contributed by atoms with Gasteiger partial charge in [-0.05, 0) is 47.9 Å². The Labute approximate surface area is 152 Å². The molecule has 0 saturated carbocycles. The molecular formula is C19H16F4N4.